The summed E-state index contributed by atoms with van der Waals surface area (Å²) in [5, 5.41) is 0. The summed E-state index contributed by atoms with van der Waals surface area (Å²) in [6.07, 6.45) is 8.21. The van der Waals surface area contributed by atoms with Gasteiger partial charge in [0.1, 0.15) is 0 Å². The average molecular weight is 259 g/mol. The maximum absolute atomic E-state index is 6.06. The summed E-state index contributed by atoms with van der Waals surface area (Å²) >= 11 is 0. The number of hydrogen-bond acceptors (Lipinski definition) is 3. The third-order valence-corrected chi connectivity index (χ3v) is 5.21. The largest absolute Gasteiger partial charge is 0.448 e. The lowest BCUT2D eigenvalue weighted by Gasteiger charge is -2.35. The third-order valence-electron chi connectivity index (χ3n) is 5.21. The number of ether oxygens (including phenoxy) is 2. The van der Waals surface area contributed by atoms with Crippen LogP contribution in [-0.2, 0) is 5.41 Å². The maximum atomic E-state index is 6.06. The zero-order valence-corrected chi connectivity index (χ0v) is 11.3. The van der Waals surface area contributed by atoms with Crippen molar-refractivity contribution in [2.45, 2.75) is 56.1 Å². The van der Waals surface area contributed by atoms with Crippen molar-refractivity contribution in [1.82, 2.24) is 0 Å². The minimum atomic E-state index is -0.327. The van der Waals surface area contributed by atoms with E-state index >= 15 is 0 Å². The van der Waals surface area contributed by atoms with E-state index in [0.717, 1.165) is 30.9 Å². The summed E-state index contributed by atoms with van der Waals surface area (Å²) in [4.78, 5) is 0. The van der Waals surface area contributed by atoms with E-state index in [4.69, 9.17) is 15.2 Å². The molecule has 0 atom stereocenters. The van der Waals surface area contributed by atoms with Crippen LogP contribution in [0.2, 0.25) is 0 Å². The molecular formula is C16H21NO2. The van der Waals surface area contributed by atoms with Gasteiger partial charge in [-0.25, -0.2) is 0 Å². The smallest absolute Gasteiger partial charge is 0.251 e. The van der Waals surface area contributed by atoms with Gasteiger partial charge in [0.05, 0.1) is 0 Å². The monoisotopic (exact) mass is 259 g/mol. The number of nitrogens with two attached hydrogens (primary N) is 1. The predicted molar refractivity (Wildman–Crippen MR) is 73.5 cm³/mol. The van der Waals surface area contributed by atoms with Gasteiger partial charge in [0.15, 0.2) is 11.5 Å². The molecule has 1 aromatic carbocycles. The van der Waals surface area contributed by atoms with Crippen LogP contribution in [0.5, 0.6) is 11.5 Å². The maximum Gasteiger partial charge on any atom is 0.251 e. The van der Waals surface area contributed by atoms with Crippen molar-refractivity contribution in [2.75, 3.05) is 6.54 Å². The first-order chi connectivity index (χ1) is 9.25. The van der Waals surface area contributed by atoms with Crippen LogP contribution in [-0.4, -0.2) is 12.3 Å². The molecule has 4 rings (SSSR count). The Bertz CT molecular complexity index is 501. The molecule has 0 radical (unpaired) electrons. The summed E-state index contributed by atoms with van der Waals surface area (Å²) in [7, 11) is 0. The highest BCUT2D eigenvalue weighted by molar-refractivity contribution is 5.48. The van der Waals surface area contributed by atoms with Crippen LogP contribution in [0.3, 0.4) is 0 Å². The van der Waals surface area contributed by atoms with Crippen LogP contribution < -0.4 is 15.2 Å². The van der Waals surface area contributed by atoms with E-state index < -0.39 is 0 Å². The molecule has 1 heterocycles. The molecule has 2 N–H and O–H groups in total. The van der Waals surface area contributed by atoms with Crippen molar-refractivity contribution in [3.63, 3.8) is 0 Å². The van der Waals surface area contributed by atoms with Gasteiger partial charge >= 0.3 is 0 Å². The summed E-state index contributed by atoms with van der Waals surface area (Å²) in [5.74, 6) is 1.51. The van der Waals surface area contributed by atoms with E-state index in [1.807, 2.05) is 0 Å². The fourth-order valence-corrected chi connectivity index (χ4v) is 3.76. The molecule has 2 saturated carbocycles. The van der Waals surface area contributed by atoms with E-state index in [1.54, 1.807) is 0 Å². The lowest BCUT2D eigenvalue weighted by Crippen LogP contribution is -2.45. The van der Waals surface area contributed by atoms with E-state index in [0.29, 0.717) is 0 Å². The van der Waals surface area contributed by atoms with Gasteiger partial charge in [-0.15, -0.1) is 0 Å². The molecule has 1 aromatic rings. The standard InChI is InChI=1S/C16H21NO2/c17-11-15(6-1-2-7-15)12-4-5-13-14(10-12)19-16(18-13)8-3-9-16/h4-5,10H,1-3,6-9,11,17H2. The van der Waals surface area contributed by atoms with Gasteiger partial charge in [0, 0.05) is 24.8 Å². The van der Waals surface area contributed by atoms with Crippen molar-refractivity contribution in [3.05, 3.63) is 23.8 Å². The number of benzene rings is 1. The molecule has 1 aliphatic heterocycles. The van der Waals surface area contributed by atoms with E-state index in [9.17, 15) is 0 Å². The van der Waals surface area contributed by atoms with Crippen molar-refractivity contribution >= 4 is 0 Å². The summed E-state index contributed by atoms with van der Waals surface area (Å²) in [6, 6.07) is 6.45. The number of fused-ring (bicyclic) bond motifs is 1. The second kappa shape index (κ2) is 3.89. The lowest BCUT2D eigenvalue weighted by molar-refractivity contribution is -0.138. The molecule has 0 unspecified atom stereocenters. The Labute approximate surface area is 114 Å². The first kappa shape index (κ1) is 11.6. The molecule has 3 aliphatic rings. The van der Waals surface area contributed by atoms with Crippen molar-refractivity contribution < 1.29 is 9.47 Å². The Morgan fingerprint density at radius 3 is 2.32 bits per heavy atom. The second-order valence-electron chi connectivity index (χ2n) is 6.32. The molecule has 0 bridgehead atoms. The SMILES string of the molecule is NCC1(c2ccc3c(c2)OC2(CCC2)O3)CCCC1. The quantitative estimate of drug-likeness (QED) is 0.887. The fourth-order valence-electron chi connectivity index (χ4n) is 3.76. The zero-order valence-electron chi connectivity index (χ0n) is 11.3. The lowest BCUT2D eigenvalue weighted by atomic mass is 9.79. The van der Waals surface area contributed by atoms with Crippen LogP contribution in [0.4, 0.5) is 0 Å². The minimum Gasteiger partial charge on any atom is -0.448 e. The Balaban J connectivity index is 1.68. The van der Waals surface area contributed by atoms with Crippen molar-refractivity contribution in [3.8, 4) is 11.5 Å². The van der Waals surface area contributed by atoms with E-state index in [-0.39, 0.29) is 11.2 Å². The first-order valence-electron chi connectivity index (χ1n) is 7.48. The molecule has 3 heteroatoms. The Kier molecular flexibility index (Phi) is 2.37. The molecule has 0 amide bonds. The van der Waals surface area contributed by atoms with Gasteiger partial charge in [-0.1, -0.05) is 18.9 Å². The summed E-state index contributed by atoms with van der Waals surface area (Å²) < 4.78 is 12.0. The highest BCUT2D eigenvalue weighted by Crippen LogP contribution is 2.50. The van der Waals surface area contributed by atoms with Crippen LogP contribution in [0.1, 0.15) is 50.5 Å². The molecular weight excluding hydrogens is 238 g/mol. The van der Waals surface area contributed by atoms with Gasteiger partial charge in [0.25, 0.3) is 5.79 Å². The van der Waals surface area contributed by atoms with Gasteiger partial charge in [-0.05, 0) is 37.0 Å². The van der Waals surface area contributed by atoms with E-state index in [2.05, 4.69) is 18.2 Å². The first-order valence-corrected chi connectivity index (χ1v) is 7.48. The minimum absolute atomic E-state index is 0.174. The number of rotatable bonds is 2. The number of hydrogen-bond donors (Lipinski definition) is 1. The molecule has 102 valence electrons. The third kappa shape index (κ3) is 1.61. The molecule has 0 aromatic heterocycles. The van der Waals surface area contributed by atoms with Gasteiger partial charge in [-0.2, -0.15) is 0 Å². The van der Waals surface area contributed by atoms with Crippen LogP contribution in [0.15, 0.2) is 18.2 Å². The average Bonchev–Trinajstić information content (AvgIpc) is 3.02. The van der Waals surface area contributed by atoms with Crippen molar-refractivity contribution in [1.29, 1.82) is 0 Å². The van der Waals surface area contributed by atoms with Gasteiger partial charge < -0.3 is 15.2 Å². The summed E-state index contributed by atoms with van der Waals surface area (Å²) in [6.45, 7) is 0.734. The molecule has 1 spiro atoms. The molecule has 3 nitrogen and oxygen atoms in total. The molecule has 2 aliphatic carbocycles. The highest BCUT2D eigenvalue weighted by atomic mass is 16.7. The fraction of sp³-hybridized carbons (Fsp3) is 0.625. The Hall–Kier alpha value is -1.22. The predicted octanol–water partition coefficient (Wildman–Crippen LogP) is 3.11. The van der Waals surface area contributed by atoms with Crippen LogP contribution in [0.25, 0.3) is 0 Å². The van der Waals surface area contributed by atoms with Gasteiger partial charge in [-0.3, -0.25) is 0 Å². The van der Waals surface area contributed by atoms with Crippen molar-refractivity contribution in [2.24, 2.45) is 5.73 Å². The van der Waals surface area contributed by atoms with Crippen LogP contribution >= 0.6 is 0 Å². The molecule has 0 saturated heterocycles. The summed E-state index contributed by atoms with van der Waals surface area (Å²) in [5.41, 5.74) is 7.58. The normalized spacial score (nSPS) is 25.5. The Morgan fingerprint density at radius 1 is 0.947 bits per heavy atom. The zero-order chi connectivity index (χ0) is 12.9. The highest BCUT2D eigenvalue weighted by Gasteiger charge is 2.47. The van der Waals surface area contributed by atoms with Gasteiger partial charge in [0.2, 0.25) is 0 Å². The molecule has 19 heavy (non-hydrogen) atoms. The topological polar surface area (TPSA) is 44.5 Å². The van der Waals surface area contributed by atoms with E-state index in [1.165, 1.54) is 37.7 Å². The van der Waals surface area contributed by atoms with Crippen LogP contribution in [0, 0.1) is 0 Å². The molecule has 2 fully saturated rings. The second-order valence-corrected chi connectivity index (χ2v) is 6.32. The Morgan fingerprint density at radius 2 is 1.68 bits per heavy atom.